The third-order valence-corrected chi connectivity index (χ3v) is 2.66. The second-order valence-electron chi connectivity index (χ2n) is 3.22. The molecule has 2 nitrogen and oxygen atoms in total. The molecular formula is C11H7Cl2FN2. The Labute approximate surface area is 102 Å². The molecule has 0 N–H and O–H groups in total. The van der Waals surface area contributed by atoms with Crippen LogP contribution in [0.3, 0.4) is 0 Å². The lowest BCUT2D eigenvalue weighted by Crippen LogP contribution is -1.97. The van der Waals surface area contributed by atoms with E-state index in [2.05, 4.69) is 10.2 Å². The van der Waals surface area contributed by atoms with Gasteiger partial charge in [0.2, 0.25) is 0 Å². The SMILES string of the molecule is Fc1cccc(Cl)c1Cc1ccc(Cl)nn1. The summed E-state index contributed by atoms with van der Waals surface area (Å²) in [5.41, 5.74) is 1.04. The Morgan fingerprint density at radius 2 is 1.88 bits per heavy atom. The molecule has 0 amide bonds. The van der Waals surface area contributed by atoms with Crippen LogP contribution in [0.25, 0.3) is 0 Å². The molecule has 0 saturated carbocycles. The highest BCUT2D eigenvalue weighted by Gasteiger charge is 2.08. The van der Waals surface area contributed by atoms with E-state index in [1.54, 1.807) is 24.3 Å². The predicted octanol–water partition coefficient (Wildman–Crippen LogP) is 3.51. The van der Waals surface area contributed by atoms with Crippen LogP contribution in [-0.2, 0) is 6.42 Å². The highest BCUT2D eigenvalue weighted by molar-refractivity contribution is 6.31. The minimum atomic E-state index is -0.343. The third kappa shape index (κ3) is 2.49. The highest BCUT2D eigenvalue weighted by Crippen LogP contribution is 2.21. The minimum absolute atomic E-state index is 0.301. The van der Waals surface area contributed by atoms with Gasteiger partial charge in [-0.15, -0.1) is 5.10 Å². The van der Waals surface area contributed by atoms with Crippen molar-refractivity contribution in [1.29, 1.82) is 0 Å². The van der Waals surface area contributed by atoms with Crippen LogP contribution < -0.4 is 0 Å². The van der Waals surface area contributed by atoms with Crippen molar-refractivity contribution in [3.63, 3.8) is 0 Å². The summed E-state index contributed by atoms with van der Waals surface area (Å²) in [6.45, 7) is 0. The van der Waals surface area contributed by atoms with Gasteiger partial charge in [0.25, 0.3) is 0 Å². The molecule has 0 unspecified atom stereocenters. The van der Waals surface area contributed by atoms with Gasteiger partial charge in [-0.05, 0) is 24.3 Å². The molecule has 0 fully saturated rings. The van der Waals surface area contributed by atoms with Gasteiger partial charge in [-0.25, -0.2) is 4.39 Å². The summed E-state index contributed by atoms with van der Waals surface area (Å²) in [6.07, 6.45) is 0.301. The molecule has 0 saturated heterocycles. The quantitative estimate of drug-likeness (QED) is 0.822. The van der Waals surface area contributed by atoms with Gasteiger partial charge in [0, 0.05) is 17.0 Å². The van der Waals surface area contributed by atoms with Crippen LogP contribution in [-0.4, -0.2) is 10.2 Å². The smallest absolute Gasteiger partial charge is 0.151 e. The molecule has 0 atom stereocenters. The Bertz CT molecular complexity index is 480. The minimum Gasteiger partial charge on any atom is -0.207 e. The molecule has 1 aromatic heterocycles. The summed E-state index contributed by atoms with van der Waals surface area (Å²) in [4.78, 5) is 0. The van der Waals surface area contributed by atoms with E-state index in [4.69, 9.17) is 23.2 Å². The van der Waals surface area contributed by atoms with E-state index in [1.165, 1.54) is 6.07 Å². The lowest BCUT2D eigenvalue weighted by atomic mass is 10.1. The maximum absolute atomic E-state index is 13.5. The number of benzene rings is 1. The number of aromatic nitrogens is 2. The summed E-state index contributed by atoms with van der Waals surface area (Å²) in [5, 5.41) is 8.23. The summed E-state index contributed by atoms with van der Waals surface area (Å²) >= 11 is 11.5. The first kappa shape index (κ1) is 11.3. The van der Waals surface area contributed by atoms with Gasteiger partial charge in [-0.2, -0.15) is 5.10 Å². The van der Waals surface area contributed by atoms with E-state index in [9.17, 15) is 4.39 Å². The van der Waals surface area contributed by atoms with Crippen LogP contribution in [0.2, 0.25) is 10.2 Å². The number of halogens is 3. The van der Waals surface area contributed by atoms with Crippen molar-refractivity contribution in [2.45, 2.75) is 6.42 Å². The Hall–Kier alpha value is -1.19. The standard InChI is InChI=1S/C11H7Cl2FN2/c12-9-2-1-3-10(14)8(9)6-7-4-5-11(13)16-15-7/h1-5H,6H2. The van der Waals surface area contributed by atoms with Crippen molar-refractivity contribution < 1.29 is 4.39 Å². The van der Waals surface area contributed by atoms with Gasteiger partial charge < -0.3 is 0 Å². The second kappa shape index (κ2) is 4.76. The fourth-order valence-electron chi connectivity index (χ4n) is 1.32. The van der Waals surface area contributed by atoms with E-state index in [0.29, 0.717) is 27.9 Å². The molecule has 0 radical (unpaired) electrons. The van der Waals surface area contributed by atoms with Crippen LogP contribution in [0.1, 0.15) is 11.3 Å². The Balaban J connectivity index is 2.30. The molecule has 0 aliphatic rings. The Morgan fingerprint density at radius 1 is 1.06 bits per heavy atom. The monoisotopic (exact) mass is 256 g/mol. The fraction of sp³-hybridized carbons (Fsp3) is 0.0909. The van der Waals surface area contributed by atoms with Crippen LogP contribution in [0.4, 0.5) is 4.39 Å². The number of hydrogen-bond acceptors (Lipinski definition) is 2. The topological polar surface area (TPSA) is 25.8 Å². The van der Waals surface area contributed by atoms with Gasteiger partial charge in [0.15, 0.2) is 5.15 Å². The molecule has 0 aliphatic heterocycles. The van der Waals surface area contributed by atoms with Crippen LogP contribution in [0, 0.1) is 5.82 Å². The van der Waals surface area contributed by atoms with E-state index in [1.807, 2.05) is 0 Å². The molecule has 0 aliphatic carbocycles. The summed E-state index contributed by atoms with van der Waals surface area (Å²) in [6, 6.07) is 7.87. The molecular weight excluding hydrogens is 250 g/mol. The second-order valence-corrected chi connectivity index (χ2v) is 4.02. The third-order valence-electron chi connectivity index (χ3n) is 2.11. The number of nitrogens with zero attached hydrogens (tertiary/aromatic N) is 2. The van der Waals surface area contributed by atoms with Crippen molar-refractivity contribution in [3.8, 4) is 0 Å². The molecule has 2 rings (SSSR count). The van der Waals surface area contributed by atoms with E-state index in [-0.39, 0.29) is 5.82 Å². The number of hydrogen-bond donors (Lipinski definition) is 0. The van der Waals surface area contributed by atoms with Gasteiger partial charge in [-0.3, -0.25) is 0 Å². The Kier molecular flexibility index (Phi) is 3.36. The molecule has 16 heavy (non-hydrogen) atoms. The normalized spacial score (nSPS) is 10.4. The van der Waals surface area contributed by atoms with Crippen LogP contribution in [0.15, 0.2) is 30.3 Å². The fourth-order valence-corrected chi connectivity index (χ4v) is 1.65. The first-order valence-electron chi connectivity index (χ1n) is 4.58. The molecule has 1 heterocycles. The first-order valence-corrected chi connectivity index (χ1v) is 5.33. The van der Waals surface area contributed by atoms with Crippen molar-refractivity contribution in [2.24, 2.45) is 0 Å². The maximum atomic E-state index is 13.5. The average molecular weight is 257 g/mol. The molecule has 0 spiro atoms. The van der Waals surface area contributed by atoms with Crippen molar-refractivity contribution in [3.05, 3.63) is 57.6 Å². The first-order chi connectivity index (χ1) is 7.66. The van der Waals surface area contributed by atoms with Gasteiger partial charge >= 0.3 is 0 Å². The van der Waals surface area contributed by atoms with E-state index >= 15 is 0 Å². The van der Waals surface area contributed by atoms with Crippen molar-refractivity contribution >= 4 is 23.2 Å². The van der Waals surface area contributed by atoms with Crippen molar-refractivity contribution in [2.75, 3.05) is 0 Å². The van der Waals surface area contributed by atoms with Gasteiger partial charge in [-0.1, -0.05) is 29.3 Å². The van der Waals surface area contributed by atoms with Crippen molar-refractivity contribution in [1.82, 2.24) is 10.2 Å². The summed E-state index contributed by atoms with van der Waals surface area (Å²) < 4.78 is 13.5. The zero-order chi connectivity index (χ0) is 11.5. The largest absolute Gasteiger partial charge is 0.207 e. The summed E-state index contributed by atoms with van der Waals surface area (Å²) in [7, 11) is 0. The predicted molar refractivity (Wildman–Crippen MR) is 61.3 cm³/mol. The number of rotatable bonds is 2. The molecule has 82 valence electrons. The van der Waals surface area contributed by atoms with E-state index in [0.717, 1.165) is 0 Å². The van der Waals surface area contributed by atoms with Crippen LogP contribution in [0.5, 0.6) is 0 Å². The average Bonchev–Trinajstić information content (AvgIpc) is 2.26. The lowest BCUT2D eigenvalue weighted by molar-refractivity contribution is 0.613. The lowest BCUT2D eigenvalue weighted by Gasteiger charge is -2.04. The highest BCUT2D eigenvalue weighted by atomic mass is 35.5. The van der Waals surface area contributed by atoms with Gasteiger partial charge in [0.05, 0.1) is 5.69 Å². The maximum Gasteiger partial charge on any atom is 0.151 e. The Morgan fingerprint density at radius 3 is 2.50 bits per heavy atom. The molecule has 2 aromatic rings. The van der Waals surface area contributed by atoms with Gasteiger partial charge in [0.1, 0.15) is 5.82 Å². The summed E-state index contributed by atoms with van der Waals surface area (Å²) in [5.74, 6) is -0.343. The molecule has 5 heteroatoms. The van der Waals surface area contributed by atoms with Crippen LogP contribution >= 0.6 is 23.2 Å². The molecule has 1 aromatic carbocycles. The van der Waals surface area contributed by atoms with E-state index < -0.39 is 0 Å². The zero-order valence-corrected chi connectivity index (χ0v) is 9.63. The zero-order valence-electron chi connectivity index (χ0n) is 8.12. The molecule has 0 bridgehead atoms.